The van der Waals surface area contributed by atoms with Crippen LogP contribution in [0.3, 0.4) is 0 Å². The van der Waals surface area contributed by atoms with Gasteiger partial charge in [-0.05, 0) is 48.6 Å². The van der Waals surface area contributed by atoms with E-state index in [0.717, 1.165) is 23.2 Å². The van der Waals surface area contributed by atoms with Crippen LogP contribution in [0, 0.1) is 18.8 Å². The third-order valence-electron chi connectivity index (χ3n) is 5.97. The average Bonchev–Trinajstić information content (AvgIpc) is 3.27. The third-order valence-corrected chi connectivity index (χ3v) is 5.97. The van der Waals surface area contributed by atoms with Crippen LogP contribution in [0.5, 0.6) is 11.5 Å². The van der Waals surface area contributed by atoms with E-state index < -0.39 is 12.0 Å². The van der Waals surface area contributed by atoms with E-state index in [1.165, 1.54) is 6.33 Å². The summed E-state index contributed by atoms with van der Waals surface area (Å²) in [6.45, 7) is 11.0. The molecule has 0 radical (unpaired) electrons. The number of rotatable bonds is 8. The van der Waals surface area contributed by atoms with Crippen molar-refractivity contribution in [3.05, 3.63) is 72.2 Å². The second kappa shape index (κ2) is 9.99. The Kier molecular flexibility index (Phi) is 6.86. The summed E-state index contributed by atoms with van der Waals surface area (Å²) in [7, 11) is 1.61. The Morgan fingerprint density at radius 2 is 2.03 bits per heavy atom. The maximum absolute atomic E-state index is 13.5. The fourth-order valence-corrected chi connectivity index (χ4v) is 4.05. The first kappa shape index (κ1) is 23.4. The van der Waals surface area contributed by atoms with Crippen molar-refractivity contribution >= 4 is 17.5 Å². The molecule has 8 heteroatoms. The number of nitrogens with one attached hydrogen (secondary N) is 2. The summed E-state index contributed by atoms with van der Waals surface area (Å²) in [5.74, 6) is 1.53. The fourth-order valence-electron chi connectivity index (χ4n) is 4.05. The van der Waals surface area contributed by atoms with E-state index in [9.17, 15) is 4.79 Å². The smallest absolute Gasteiger partial charge is 0.235 e. The number of anilines is 2. The molecule has 2 atom stereocenters. The van der Waals surface area contributed by atoms with Crippen LogP contribution in [0.4, 0.5) is 11.6 Å². The van der Waals surface area contributed by atoms with Gasteiger partial charge in [0.1, 0.15) is 12.2 Å². The Bertz CT molecular complexity index is 1190. The minimum absolute atomic E-state index is 0.186. The summed E-state index contributed by atoms with van der Waals surface area (Å²) >= 11 is 0. The van der Waals surface area contributed by atoms with E-state index in [0.29, 0.717) is 35.7 Å². The van der Waals surface area contributed by atoms with E-state index in [4.69, 9.17) is 9.47 Å². The molecule has 178 valence electrons. The molecular weight excluding hydrogens is 430 g/mol. The highest BCUT2D eigenvalue weighted by Gasteiger charge is 2.40. The molecular formula is C26H31N5O3. The molecule has 2 N–H and O–H groups in total. The number of benzene rings is 2. The number of fused-ring (bicyclic) bond motifs is 1. The van der Waals surface area contributed by atoms with Crippen LogP contribution in [0.15, 0.2) is 61.1 Å². The number of aryl methyl sites for hydroxylation is 1. The summed E-state index contributed by atoms with van der Waals surface area (Å²) in [6.07, 6.45) is 2.41. The highest BCUT2D eigenvalue weighted by molar-refractivity contribution is 5.96. The van der Waals surface area contributed by atoms with Crippen LogP contribution in [0.25, 0.3) is 0 Å². The topological polar surface area (TPSA) is 90.3 Å². The number of ether oxygens (including phenoxy) is 2. The molecule has 1 aliphatic rings. The molecule has 2 unspecified atom stereocenters. The van der Waals surface area contributed by atoms with E-state index >= 15 is 0 Å². The van der Waals surface area contributed by atoms with Crippen LogP contribution in [0.2, 0.25) is 0 Å². The maximum atomic E-state index is 13.5. The standard InChI is InChI=1S/C26H31N5O3/c1-16(2)12-13-34-21-11-10-19(14-22(21)33-5)24-23(18(4)29-26-27-15-28-31(24)26)25(32)30-20-9-7-6-8-17(20)3/h6-11,14-16,23-24H,4,12-13H2,1-3,5H3,(H,30,32)(H,27,28,29). The van der Waals surface area contributed by atoms with Gasteiger partial charge in [0.15, 0.2) is 11.5 Å². The lowest BCUT2D eigenvalue weighted by atomic mass is 9.88. The Labute approximate surface area is 200 Å². The minimum Gasteiger partial charge on any atom is -0.493 e. The SMILES string of the molecule is C=C1Nc2ncnn2C(c2ccc(OCCC(C)C)c(OC)c2)C1C(=O)Nc1ccccc1C. The van der Waals surface area contributed by atoms with Crippen molar-refractivity contribution in [2.24, 2.45) is 11.8 Å². The van der Waals surface area contributed by atoms with Gasteiger partial charge in [-0.25, -0.2) is 4.68 Å². The molecule has 4 rings (SSSR count). The molecule has 3 aromatic rings. The number of nitrogens with zero attached hydrogens (tertiary/aromatic N) is 3. The molecule has 8 nitrogen and oxygen atoms in total. The summed E-state index contributed by atoms with van der Waals surface area (Å²) < 4.78 is 13.3. The number of methoxy groups -OCH3 is 1. The Morgan fingerprint density at radius 1 is 1.24 bits per heavy atom. The lowest BCUT2D eigenvalue weighted by molar-refractivity contribution is -0.119. The Balaban J connectivity index is 1.69. The maximum Gasteiger partial charge on any atom is 0.235 e. The molecule has 2 heterocycles. The second-order valence-electron chi connectivity index (χ2n) is 8.85. The lowest BCUT2D eigenvalue weighted by Gasteiger charge is -2.34. The van der Waals surface area contributed by atoms with Gasteiger partial charge in [-0.15, -0.1) is 0 Å². The normalized spacial score (nSPS) is 17.1. The van der Waals surface area contributed by atoms with Crippen LogP contribution in [0.1, 0.15) is 37.4 Å². The van der Waals surface area contributed by atoms with Gasteiger partial charge < -0.3 is 20.1 Å². The van der Waals surface area contributed by atoms with Gasteiger partial charge in [0, 0.05) is 11.4 Å². The molecule has 0 fully saturated rings. The van der Waals surface area contributed by atoms with Crippen LogP contribution in [-0.2, 0) is 4.79 Å². The number of amides is 1. The monoisotopic (exact) mass is 461 g/mol. The largest absolute Gasteiger partial charge is 0.493 e. The zero-order valence-electron chi connectivity index (χ0n) is 20.0. The average molecular weight is 462 g/mol. The number of carbonyl (C=O) groups excluding carboxylic acids is 1. The summed E-state index contributed by atoms with van der Waals surface area (Å²) in [4.78, 5) is 17.8. The quantitative estimate of drug-likeness (QED) is 0.501. The van der Waals surface area contributed by atoms with Crippen molar-refractivity contribution in [3.8, 4) is 11.5 Å². The summed E-state index contributed by atoms with van der Waals surface area (Å²) in [6, 6.07) is 12.9. The summed E-state index contributed by atoms with van der Waals surface area (Å²) in [5.41, 5.74) is 3.13. The van der Waals surface area contributed by atoms with Crippen LogP contribution in [-0.4, -0.2) is 34.4 Å². The van der Waals surface area contributed by atoms with Gasteiger partial charge in [0.2, 0.25) is 11.9 Å². The molecule has 0 spiro atoms. The van der Waals surface area contributed by atoms with Crippen molar-refractivity contribution in [1.82, 2.24) is 14.8 Å². The molecule has 1 aromatic heterocycles. The second-order valence-corrected chi connectivity index (χ2v) is 8.85. The number of aromatic nitrogens is 3. The highest BCUT2D eigenvalue weighted by atomic mass is 16.5. The number of hydrogen-bond donors (Lipinski definition) is 2. The van der Waals surface area contributed by atoms with Gasteiger partial charge in [-0.3, -0.25) is 4.79 Å². The molecule has 0 aliphatic carbocycles. The molecule has 2 aromatic carbocycles. The van der Waals surface area contributed by atoms with Gasteiger partial charge in [0.25, 0.3) is 0 Å². The number of carbonyl (C=O) groups is 1. The molecule has 34 heavy (non-hydrogen) atoms. The van der Waals surface area contributed by atoms with E-state index in [2.05, 4.69) is 41.1 Å². The molecule has 1 aliphatic heterocycles. The molecule has 0 saturated carbocycles. The van der Waals surface area contributed by atoms with Crippen molar-refractivity contribution in [3.63, 3.8) is 0 Å². The van der Waals surface area contributed by atoms with Crippen molar-refractivity contribution in [2.75, 3.05) is 24.4 Å². The van der Waals surface area contributed by atoms with Crippen molar-refractivity contribution in [2.45, 2.75) is 33.2 Å². The van der Waals surface area contributed by atoms with Crippen LogP contribution >= 0.6 is 0 Å². The number of hydrogen-bond acceptors (Lipinski definition) is 6. The first-order chi connectivity index (χ1) is 16.4. The van der Waals surface area contributed by atoms with Gasteiger partial charge in [0.05, 0.1) is 19.8 Å². The van der Waals surface area contributed by atoms with Crippen LogP contribution < -0.4 is 20.1 Å². The Morgan fingerprint density at radius 3 is 2.76 bits per heavy atom. The molecule has 0 saturated heterocycles. The van der Waals surface area contributed by atoms with E-state index in [1.54, 1.807) is 11.8 Å². The molecule has 0 bridgehead atoms. The first-order valence-corrected chi connectivity index (χ1v) is 11.4. The van der Waals surface area contributed by atoms with Crippen molar-refractivity contribution in [1.29, 1.82) is 0 Å². The minimum atomic E-state index is -0.633. The molecule has 1 amide bonds. The van der Waals surface area contributed by atoms with Crippen molar-refractivity contribution < 1.29 is 14.3 Å². The highest BCUT2D eigenvalue weighted by Crippen LogP contribution is 2.40. The predicted molar refractivity (Wildman–Crippen MR) is 132 cm³/mol. The van der Waals surface area contributed by atoms with E-state index in [1.807, 2.05) is 49.4 Å². The van der Waals surface area contributed by atoms with E-state index in [-0.39, 0.29) is 5.91 Å². The fraction of sp³-hybridized carbons (Fsp3) is 0.346. The summed E-state index contributed by atoms with van der Waals surface area (Å²) in [5, 5.41) is 10.6. The first-order valence-electron chi connectivity index (χ1n) is 11.4. The Hall–Kier alpha value is -3.81. The van der Waals surface area contributed by atoms with Gasteiger partial charge in [-0.2, -0.15) is 10.1 Å². The zero-order chi connectivity index (χ0) is 24.2. The predicted octanol–water partition coefficient (Wildman–Crippen LogP) is 4.80. The number of para-hydroxylation sites is 1. The zero-order valence-corrected chi connectivity index (χ0v) is 20.0. The van der Waals surface area contributed by atoms with Gasteiger partial charge >= 0.3 is 0 Å². The lowest BCUT2D eigenvalue weighted by Crippen LogP contribution is -2.39. The third kappa shape index (κ3) is 4.76. The van der Waals surface area contributed by atoms with Gasteiger partial charge in [-0.1, -0.05) is 44.7 Å².